The summed E-state index contributed by atoms with van der Waals surface area (Å²) in [4.78, 5) is 23.5. The quantitative estimate of drug-likeness (QED) is 0.761. The van der Waals surface area contributed by atoms with Crippen molar-refractivity contribution in [2.24, 2.45) is 11.8 Å². The number of thioether (sulfide) groups is 1. The maximum atomic E-state index is 11.9. The molecule has 0 heterocycles. The molecule has 0 unspecified atom stereocenters. The lowest BCUT2D eigenvalue weighted by molar-refractivity contribution is -0.150. The van der Waals surface area contributed by atoms with Gasteiger partial charge in [-0.05, 0) is 25.0 Å². The van der Waals surface area contributed by atoms with E-state index in [0.717, 1.165) is 18.2 Å². The van der Waals surface area contributed by atoms with Crippen molar-refractivity contribution in [3.05, 3.63) is 11.8 Å². The first-order valence-electron chi connectivity index (χ1n) is 6.71. The van der Waals surface area contributed by atoms with E-state index in [0.29, 0.717) is 11.7 Å². The monoisotopic (exact) mass is 286 g/mol. The second-order valence-corrected chi connectivity index (χ2v) is 6.45. The van der Waals surface area contributed by atoms with Gasteiger partial charge >= 0.3 is 5.97 Å². The van der Waals surface area contributed by atoms with E-state index in [-0.39, 0.29) is 24.1 Å². The zero-order valence-electron chi connectivity index (χ0n) is 11.7. The third kappa shape index (κ3) is 4.56. The second-order valence-electron chi connectivity index (χ2n) is 4.73. The van der Waals surface area contributed by atoms with Crippen LogP contribution in [0.3, 0.4) is 0 Å². The maximum absolute atomic E-state index is 11.9. The fourth-order valence-corrected chi connectivity index (χ4v) is 3.43. The average Bonchev–Trinajstić information content (AvgIpc) is 2.28. The number of hydrogen-bond donors (Lipinski definition) is 1. The van der Waals surface area contributed by atoms with Gasteiger partial charge in [-0.15, -0.1) is 0 Å². The normalized spacial score (nSPS) is 24.8. The Morgan fingerprint density at radius 1 is 1.58 bits per heavy atom. The summed E-state index contributed by atoms with van der Waals surface area (Å²) in [6.45, 7) is 6.17. The van der Waals surface area contributed by atoms with Crippen LogP contribution in [0.2, 0.25) is 0 Å². The van der Waals surface area contributed by atoms with Crippen molar-refractivity contribution in [3.8, 4) is 0 Å². The SMILES string of the molecule is CCOC(=O)[C@@H]1C(O)=CC(=O)C[C@@H]1C[C@@H](C)SCC. The Labute approximate surface area is 118 Å². The van der Waals surface area contributed by atoms with Crippen molar-refractivity contribution >= 4 is 23.5 Å². The first-order valence-corrected chi connectivity index (χ1v) is 7.76. The van der Waals surface area contributed by atoms with E-state index >= 15 is 0 Å². The molecule has 3 atom stereocenters. The number of hydrogen-bond acceptors (Lipinski definition) is 5. The van der Waals surface area contributed by atoms with Gasteiger partial charge in [0.05, 0.1) is 6.61 Å². The molecule has 0 aromatic rings. The van der Waals surface area contributed by atoms with Gasteiger partial charge in [-0.2, -0.15) is 11.8 Å². The number of esters is 1. The Hall–Kier alpha value is -0.970. The largest absolute Gasteiger partial charge is 0.511 e. The molecule has 1 aliphatic carbocycles. The van der Waals surface area contributed by atoms with E-state index in [4.69, 9.17) is 4.74 Å². The van der Waals surface area contributed by atoms with Crippen LogP contribution >= 0.6 is 11.8 Å². The Balaban J connectivity index is 2.82. The number of allylic oxidation sites excluding steroid dienone is 1. The Morgan fingerprint density at radius 3 is 2.84 bits per heavy atom. The Bertz CT molecular complexity index is 364. The summed E-state index contributed by atoms with van der Waals surface area (Å²) in [6, 6.07) is 0. The molecule has 0 saturated heterocycles. The van der Waals surface area contributed by atoms with Gasteiger partial charge in [-0.3, -0.25) is 9.59 Å². The lowest BCUT2D eigenvalue weighted by Crippen LogP contribution is -2.34. The minimum atomic E-state index is -0.683. The molecular weight excluding hydrogens is 264 g/mol. The fourth-order valence-electron chi connectivity index (χ4n) is 2.47. The summed E-state index contributed by atoms with van der Waals surface area (Å²) in [5, 5.41) is 10.2. The van der Waals surface area contributed by atoms with Crippen LogP contribution < -0.4 is 0 Å². The molecular formula is C14H22O4S. The fraction of sp³-hybridized carbons (Fsp3) is 0.714. The highest BCUT2D eigenvalue weighted by Gasteiger charge is 2.38. The van der Waals surface area contributed by atoms with E-state index in [1.807, 2.05) is 0 Å². The molecule has 0 aromatic heterocycles. The van der Waals surface area contributed by atoms with E-state index in [2.05, 4.69) is 13.8 Å². The van der Waals surface area contributed by atoms with Crippen LogP contribution in [0.15, 0.2) is 11.8 Å². The number of carbonyl (C=O) groups excluding carboxylic acids is 2. The van der Waals surface area contributed by atoms with Crippen molar-refractivity contribution in [3.63, 3.8) is 0 Å². The summed E-state index contributed by atoms with van der Waals surface area (Å²) in [7, 11) is 0. The topological polar surface area (TPSA) is 63.6 Å². The Morgan fingerprint density at radius 2 is 2.26 bits per heavy atom. The van der Waals surface area contributed by atoms with E-state index in [9.17, 15) is 14.7 Å². The summed E-state index contributed by atoms with van der Waals surface area (Å²) >= 11 is 1.79. The standard InChI is InChI=1S/C14H22O4S/c1-4-18-14(17)13-10(6-9(3)19-5-2)7-11(15)8-12(13)16/h8-10,13,16H,4-7H2,1-3H3/t9-,10+,13+/m1/s1. The predicted molar refractivity (Wildman–Crippen MR) is 76.2 cm³/mol. The first-order chi connectivity index (χ1) is 8.99. The number of rotatable bonds is 6. The number of carbonyl (C=O) groups is 2. The highest BCUT2D eigenvalue weighted by molar-refractivity contribution is 7.99. The molecule has 0 aromatic carbocycles. The molecule has 0 amide bonds. The third-order valence-corrected chi connectivity index (χ3v) is 4.28. The van der Waals surface area contributed by atoms with Crippen molar-refractivity contribution in [1.82, 2.24) is 0 Å². The summed E-state index contributed by atoms with van der Waals surface area (Å²) < 4.78 is 5.00. The van der Waals surface area contributed by atoms with Crippen molar-refractivity contribution < 1.29 is 19.4 Å². The van der Waals surface area contributed by atoms with Crippen LogP contribution in [-0.2, 0) is 14.3 Å². The van der Waals surface area contributed by atoms with Gasteiger partial charge in [0.2, 0.25) is 0 Å². The zero-order valence-corrected chi connectivity index (χ0v) is 12.5. The molecule has 0 saturated carbocycles. The summed E-state index contributed by atoms with van der Waals surface area (Å²) in [6.07, 6.45) is 2.20. The van der Waals surface area contributed by atoms with Gasteiger partial charge in [0.25, 0.3) is 0 Å². The smallest absolute Gasteiger partial charge is 0.316 e. The number of aliphatic hydroxyl groups excluding tert-OH is 1. The minimum Gasteiger partial charge on any atom is -0.511 e. The summed E-state index contributed by atoms with van der Waals surface area (Å²) in [5.41, 5.74) is 0. The van der Waals surface area contributed by atoms with E-state index in [1.165, 1.54) is 0 Å². The van der Waals surface area contributed by atoms with Crippen LogP contribution in [0, 0.1) is 11.8 Å². The second kappa shape index (κ2) is 7.58. The average molecular weight is 286 g/mol. The molecule has 4 nitrogen and oxygen atoms in total. The highest BCUT2D eigenvalue weighted by atomic mass is 32.2. The molecule has 1 aliphatic rings. The molecule has 0 spiro atoms. The molecule has 1 N–H and O–H groups in total. The molecule has 108 valence electrons. The molecule has 0 bridgehead atoms. The maximum Gasteiger partial charge on any atom is 0.316 e. The van der Waals surface area contributed by atoms with Crippen LogP contribution in [0.4, 0.5) is 0 Å². The van der Waals surface area contributed by atoms with Crippen LogP contribution in [-0.4, -0.2) is 34.5 Å². The molecule has 1 rings (SSSR count). The summed E-state index contributed by atoms with van der Waals surface area (Å²) in [5.74, 6) is -0.538. The van der Waals surface area contributed by atoms with Crippen LogP contribution in [0.5, 0.6) is 0 Å². The Kier molecular flexibility index (Phi) is 6.42. The zero-order chi connectivity index (χ0) is 14.4. The molecule has 0 aliphatic heterocycles. The predicted octanol–water partition coefficient (Wildman–Crippen LogP) is 2.73. The molecule has 0 fully saturated rings. The first kappa shape index (κ1) is 16.1. The van der Waals surface area contributed by atoms with Crippen molar-refractivity contribution in [2.75, 3.05) is 12.4 Å². The van der Waals surface area contributed by atoms with Crippen LogP contribution in [0.1, 0.15) is 33.6 Å². The van der Waals surface area contributed by atoms with E-state index < -0.39 is 11.9 Å². The van der Waals surface area contributed by atoms with Crippen LogP contribution in [0.25, 0.3) is 0 Å². The van der Waals surface area contributed by atoms with Gasteiger partial charge in [-0.25, -0.2) is 0 Å². The lowest BCUT2D eigenvalue weighted by atomic mass is 9.79. The van der Waals surface area contributed by atoms with Gasteiger partial charge in [-0.1, -0.05) is 13.8 Å². The molecule has 5 heteroatoms. The van der Waals surface area contributed by atoms with E-state index in [1.54, 1.807) is 18.7 Å². The van der Waals surface area contributed by atoms with Gasteiger partial charge in [0.15, 0.2) is 5.78 Å². The number of ketones is 1. The molecule has 19 heavy (non-hydrogen) atoms. The van der Waals surface area contributed by atoms with Gasteiger partial charge in [0, 0.05) is 17.7 Å². The van der Waals surface area contributed by atoms with Crippen molar-refractivity contribution in [1.29, 1.82) is 0 Å². The third-order valence-electron chi connectivity index (χ3n) is 3.19. The highest BCUT2D eigenvalue weighted by Crippen LogP contribution is 2.34. The minimum absolute atomic E-state index is 0.114. The van der Waals surface area contributed by atoms with Gasteiger partial charge < -0.3 is 9.84 Å². The van der Waals surface area contributed by atoms with Gasteiger partial charge in [0.1, 0.15) is 11.7 Å². The number of aliphatic hydroxyl groups is 1. The van der Waals surface area contributed by atoms with Crippen molar-refractivity contribution in [2.45, 2.75) is 38.9 Å². The lowest BCUT2D eigenvalue weighted by Gasteiger charge is -2.29. The number of ether oxygens (including phenoxy) is 1. The molecule has 0 radical (unpaired) electrons.